The van der Waals surface area contributed by atoms with Crippen molar-refractivity contribution < 1.29 is 13.9 Å². The number of aryl methyl sites for hydroxylation is 1. The van der Waals surface area contributed by atoms with Gasteiger partial charge in [0, 0.05) is 24.0 Å². The highest BCUT2D eigenvalue weighted by Crippen LogP contribution is 2.32. The zero-order valence-corrected chi connectivity index (χ0v) is 16.7. The predicted octanol–water partition coefficient (Wildman–Crippen LogP) is 3.11. The number of hydrogen-bond donors (Lipinski definition) is 0. The lowest BCUT2D eigenvalue weighted by molar-refractivity contribution is -0.00334. The van der Waals surface area contributed by atoms with Gasteiger partial charge in [-0.15, -0.1) is 0 Å². The summed E-state index contributed by atoms with van der Waals surface area (Å²) in [5.74, 6) is -0.616. The topological polar surface area (TPSA) is 84.0 Å². The van der Waals surface area contributed by atoms with Crippen LogP contribution in [0.2, 0.25) is 0 Å². The number of nitrogens with zero attached hydrogens (tertiary/aromatic N) is 5. The van der Waals surface area contributed by atoms with Gasteiger partial charge < -0.3 is 9.64 Å². The predicted molar refractivity (Wildman–Crippen MR) is 107 cm³/mol. The average Bonchev–Trinajstić information content (AvgIpc) is 3.07. The van der Waals surface area contributed by atoms with Crippen molar-refractivity contribution in [2.45, 2.75) is 19.9 Å². The summed E-state index contributed by atoms with van der Waals surface area (Å²) in [5.41, 5.74) is 3.30. The molecule has 0 radical (unpaired) electrons. The van der Waals surface area contributed by atoms with Crippen molar-refractivity contribution in [1.29, 1.82) is 5.26 Å². The van der Waals surface area contributed by atoms with Gasteiger partial charge in [-0.25, -0.2) is 14.1 Å². The number of amides is 1. The Balaban J connectivity index is 1.72. The van der Waals surface area contributed by atoms with Gasteiger partial charge in [0.05, 0.1) is 30.5 Å². The molecule has 3 heterocycles. The van der Waals surface area contributed by atoms with E-state index in [1.54, 1.807) is 39.9 Å². The Morgan fingerprint density at radius 3 is 2.77 bits per heavy atom. The largest absolute Gasteiger partial charge is 0.377 e. The minimum atomic E-state index is -0.371. The molecule has 7 nitrogen and oxygen atoms in total. The van der Waals surface area contributed by atoms with E-state index >= 15 is 0 Å². The first kappa shape index (κ1) is 19.7. The van der Waals surface area contributed by atoms with Crippen LogP contribution in [0.15, 0.2) is 42.6 Å². The molecule has 8 heteroatoms. The quantitative estimate of drug-likeness (QED) is 0.669. The number of hydrogen-bond acceptors (Lipinski definition) is 5. The Morgan fingerprint density at radius 1 is 1.27 bits per heavy atom. The molecule has 3 aromatic rings. The first-order valence-corrected chi connectivity index (χ1v) is 9.57. The Bertz CT molecular complexity index is 1130. The van der Waals surface area contributed by atoms with Crippen LogP contribution in [0.4, 0.5) is 4.39 Å². The van der Waals surface area contributed by atoms with E-state index in [1.165, 1.54) is 12.3 Å². The third-order valence-corrected chi connectivity index (χ3v) is 5.26. The molecule has 0 spiro atoms. The number of nitriles is 1. The molecule has 1 saturated heterocycles. The fourth-order valence-electron chi connectivity index (χ4n) is 3.81. The van der Waals surface area contributed by atoms with Crippen molar-refractivity contribution in [3.63, 3.8) is 0 Å². The molecule has 0 saturated carbocycles. The van der Waals surface area contributed by atoms with E-state index < -0.39 is 0 Å². The lowest BCUT2D eigenvalue weighted by atomic mass is 10.0. The van der Waals surface area contributed by atoms with E-state index in [0.29, 0.717) is 36.7 Å². The molecule has 30 heavy (non-hydrogen) atoms. The number of morpholine rings is 1. The van der Waals surface area contributed by atoms with Gasteiger partial charge in [-0.05, 0) is 38.1 Å². The van der Waals surface area contributed by atoms with Crippen LogP contribution in [0.3, 0.4) is 0 Å². The van der Waals surface area contributed by atoms with Gasteiger partial charge in [0.15, 0.2) is 0 Å². The summed E-state index contributed by atoms with van der Waals surface area (Å²) in [5, 5.41) is 13.5. The third kappa shape index (κ3) is 3.44. The lowest BCUT2D eigenvalue weighted by Gasteiger charge is -2.35. The summed E-state index contributed by atoms with van der Waals surface area (Å²) in [6.45, 7) is 4.83. The lowest BCUT2D eigenvalue weighted by Crippen LogP contribution is -2.44. The number of carbonyl (C=O) groups excluding carboxylic acids is 1. The molecular formula is C22H20FN5O2. The number of ether oxygens (including phenoxy) is 1. The summed E-state index contributed by atoms with van der Waals surface area (Å²) < 4.78 is 21.6. The number of carbonyl (C=O) groups is 1. The summed E-state index contributed by atoms with van der Waals surface area (Å²) in [6, 6.07) is 11.2. The van der Waals surface area contributed by atoms with Crippen LogP contribution in [-0.4, -0.2) is 45.3 Å². The minimum Gasteiger partial charge on any atom is -0.377 e. The Hall–Kier alpha value is -3.57. The fourth-order valence-corrected chi connectivity index (χ4v) is 3.81. The minimum absolute atomic E-state index is 0.245. The molecule has 1 amide bonds. The van der Waals surface area contributed by atoms with Crippen LogP contribution < -0.4 is 0 Å². The van der Waals surface area contributed by atoms with Gasteiger partial charge in [-0.3, -0.25) is 4.79 Å². The fraction of sp³-hybridized carbons (Fsp3) is 0.273. The van der Waals surface area contributed by atoms with Crippen molar-refractivity contribution in [3.05, 3.63) is 76.6 Å². The Kier molecular flexibility index (Phi) is 5.29. The molecule has 4 rings (SSSR count). The second-order valence-electron chi connectivity index (χ2n) is 7.08. The molecule has 152 valence electrons. The molecule has 0 N–H and O–H groups in total. The zero-order valence-electron chi connectivity index (χ0n) is 16.7. The number of halogens is 1. The molecule has 0 unspecified atom stereocenters. The first-order chi connectivity index (χ1) is 14.5. The monoisotopic (exact) mass is 405 g/mol. The van der Waals surface area contributed by atoms with Gasteiger partial charge in [-0.1, -0.05) is 12.1 Å². The zero-order chi connectivity index (χ0) is 21.3. The van der Waals surface area contributed by atoms with Crippen molar-refractivity contribution in [2.75, 3.05) is 19.8 Å². The molecule has 1 aliphatic rings. The molecule has 0 bridgehead atoms. The second-order valence-corrected chi connectivity index (χ2v) is 7.08. The molecular weight excluding hydrogens is 385 g/mol. The van der Waals surface area contributed by atoms with Crippen molar-refractivity contribution in [2.24, 2.45) is 0 Å². The highest BCUT2D eigenvalue weighted by atomic mass is 19.1. The molecule has 1 aliphatic heterocycles. The number of pyridine rings is 1. The highest BCUT2D eigenvalue weighted by molar-refractivity contribution is 5.92. The number of aromatic nitrogens is 3. The summed E-state index contributed by atoms with van der Waals surface area (Å²) in [6.07, 6.45) is 1.38. The van der Waals surface area contributed by atoms with Crippen LogP contribution in [0.5, 0.6) is 0 Å². The molecule has 1 atom stereocenters. The maximum absolute atomic E-state index is 14.3. The smallest absolute Gasteiger partial charge is 0.273 e. The van der Waals surface area contributed by atoms with Crippen LogP contribution >= 0.6 is 0 Å². The van der Waals surface area contributed by atoms with Gasteiger partial charge >= 0.3 is 0 Å². The SMILES string of the molecule is Cc1nn(-c2ccccc2F)c(C)c1[C@H]1COCCN1C(=O)c1ccc(C#N)cn1. The van der Waals surface area contributed by atoms with Crippen LogP contribution in [0, 0.1) is 31.0 Å². The van der Waals surface area contributed by atoms with Crippen LogP contribution in [-0.2, 0) is 4.74 Å². The maximum atomic E-state index is 14.3. The normalized spacial score (nSPS) is 16.3. The molecule has 1 fully saturated rings. The van der Waals surface area contributed by atoms with Crippen LogP contribution in [0.25, 0.3) is 5.69 Å². The van der Waals surface area contributed by atoms with E-state index in [4.69, 9.17) is 10.00 Å². The third-order valence-electron chi connectivity index (χ3n) is 5.26. The standard InChI is InChI=1S/C22H20FN5O2/c1-14-21(15(2)28(26-14)19-6-4-3-5-17(19)23)20-13-30-10-9-27(20)22(29)18-8-7-16(11-24)12-25-18/h3-8,12,20H,9-10,13H2,1-2H3/t20-/m1/s1. The van der Waals surface area contributed by atoms with E-state index in [0.717, 1.165) is 11.3 Å². The summed E-state index contributed by atoms with van der Waals surface area (Å²) in [7, 11) is 0. The average molecular weight is 405 g/mol. The van der Waals surface area contributed by atoms with Gasteiger partial charge in [0.2, 0.25) is 0 Å². The van der Waals surface area contributed by atoms with E-state index in [2.05, 4.69) is 10.1 Å². The highest BCUT2D eigenvalue weighted by Gasteiger charge is 2.34. The van der Waals surface area contributed by atoms with Gasteiger partial charge in [-0.2, -0.15) is 10.4 Å². The molecule has 1 aromatic carbocycles. The number of rotatable bonds is 3. The van der Waals surface area contributed by atoms with Gasteiger partial charge in [0.25, 0.3) is 5.91 Å². The van der Waals surface area contributed by atoms with E-state index in [-0.39, 0.29) is 23.5 Å². The first-order valence-electron chi connectivity index (χ1n) is 9.57. The number of para-hydroxylation sites is 1. The Labute approximate surface area is 173 Å². The van der Waals surface area contributed by atoms with Crippen molar-refractivity contribution >= 4 is 5.91 Å². The van der Waals surface area contributed by atoms with Crippen LogP contribution in [0.1, 0.15) is 39.0 Å². The van der Waals surface area contributed by atoms with E-state index in [9.17, 15) is 9.18 Å². The molecule has 2 aromatic heterocycles. The summed E-state index contributed by atoms with van der Waals surface area (Å²) in [4.78, 5) is 19.0. The van der Waals surface area contributed by atoms with Gasteiger partial charge in [0.1, 0.15) is 23.3 Å². The molecule has 0 aliphatic carbocycles. The van der Waals surface area contributed by atoms with Crippen molar-refractivity contribution in [3.8, 4) is 11.8 Å². The second kappa shape index (κ2) is 8.05. The summed E-state index contributed by atoms with van der Waals surface area (Å²) >= 11 is 0. The van der Waals surface area contributed by atoms with Crippen molar-refractivity contribution in [1.82, 2.24) is 19.7 Å². The number of benzene rings is 1. The Morgan fingerprint density at radius 2 is 2.07 bits per heavy atom. The maximum Gasteiger partial charge on any atom is 0.273 e. The van der Waals surface area contributed by atoms with E-state index in [1.807, 2.05) is 19.9 Å².